The molecular formula is C16H14Cl2N2O. The van der Waals surface area contributed by atoms with E-state index in [9.17, 15) is 0 Å². The van der Waals surface area contributed by atoms with Crippen molar-refractivity contribution in [2.45, 2.75) is 12.8 Å². The first-order valence-electron chi connectivity index (χ1n) is 6.53. The van der Waals surface area contributed by atoms with Gasteiger partial charge in [-0.3, -0.25) is 4.57 Å². The van der Waals surface area contributed by atoms with Crippen molar-refractivity contribution in [2.24, 2.45) is 0 Å². The third kappa shape index (κ3) is 2.27. The zero-order valence-electron chi connectivity index (χ0n) is 11.7. The van der Waals surface area contributed by atoms with Crippen LogP contribution in [0.3, 0.4) is 0 Å². The Hall–Kier alpha value is -1.71. The van der Waals surface area contributed by atoms with E-state index in [1.165, 1.54) is 0 Å². The lowest BCUT2D eigenvalue weighted by Gasteiger charge is -2.12. The topological polar surface area (TPSA) is 27.1 Å². The van der Waals surface area contributed by atoms with Crippen LogP contribution >= 0.6 is 23.2 Å². The van der Waals surface area contributed by atoms with E-state index in [2.05, 4.69) is 4.98 Å². The average Bonchev–Trinajstić information content (AvgIpc) is 2.88. The Labute approximate surface area is 133 Å². The van der Waals surface area contributed by atoms with E-state index < -0.39 is 0 Å². The lowest BCUT2D eigenvalue weighted by Crippen LogP contribution is -2.01. The summed E-state index contributed by atoms with van der Waals surface area (Å²) in [7, 11) is 1.64. The second kappa shape index (κ2) is 5.58. The van der Waals surface area contributed by atoms with E-state index in [1.54, 1.807) is 7.11 Å². The standard InChI is InChI=1S/C16H14Cl2N2O/c1-10-11(18)5-3-6-12(10)20-13-7-4-8-14(21-2)16(13)19-15(20)9-17/h3-8H,9H2,1-2H3. The van der Waals surface area contributed by atoms with Crippen LogP contribution in [0, 0.1) is 6.92 Å². The fourth-order valence-electron chi connectivity index (χ4n) is 2.48. The first-order chi connectivity index (χ1) is 10.2. The third-order valence-electron chi connectivity index (χ3n) is 3.54. The number of nitrogens with zero attached hydrogens (tertiary/aromatic N) is 2. The van der Waals surface area contributed by atoms with Gasteiger partial charge in [-0.2, -0.15) is 0 Å². The highest BCUT2D eigenvalue weighted by atomic mass is 35.5. The molecule has 1 heterocycles. The Morgan fingerprint density at radius 3 is 2.67 bits per heavy atom. The van der Waals surface area contributed by atoms with Crippen LogP contribution in [0.15, 0.2) is 36.4 Å². The molecule has 1 aromatic heterocycles. The SMILES string of the molecule is COc1cccc2c1nc(CCl)n2-c1cccc(Cl)c1C. The van der Waals surface area contributed by atoms with Crippen LogP contribution in [0.1, 0.15) is 11.4 Å². The van der Waals surface area contributed by atoms with Crippen LogP contribution in [0.2, 0.25) is 5.02 Å². The lowest BCUT2D eigenvalue weighted by atomic mass is 10.2. The molecule has 0 unspecified atom stereocenters. The predicted molar refractivity (Wildman–Crippen MR) is 86.9 cm³/mol. The number of imidazole rings is 1. The normalized spacial score (nSPS) is 11.0. The number of para-hydroxylation sites is 1. The largest absolute Gasteiger partial charge is 0.494 e. The highest BCUT2D eigenvalue weighted by Gasteiger charge is 2.16. The highest BCUT2D eigenvalue weighted by Crippen LogP contribution is 2.31. The molecule has 0 radical (unpaired) electrons. The molecule has 0 aliphatic rings. The number of rotatable bonds is 3. The van der Waals surface area contributed by atoms with E-state index in [4.69, 9.17) is 27.9 Å². The second-order valence-corrected chi connectivity index (χ2v) is 5.38. The van der Waals surface area contributed by atoms with E-state index in [1.807, 2.05) is 47.9 Å². The first-order valence-corrected chi connectivity index (χ1v) is 7.44. The molecule has 0 aliphatic heterocycles. The zero-order valence-corrected chi connectivity index (χ0v) is 13.2. The van der Waals surface area contributed by atoms with Gasteiger partial charge in [0.15, 0.2) is 0 Å². The second-order valence-electron chi connectivity index (χ2n) is 4.71. The predicted octanol–water partition coefficient (Wildman–Crippen LogP) is 4.73. The molecule has 0 spiro atoms. The van der Waals surface area contributed by atoms with Crippen LogP contribution in [0.25, 0.3) is 16.7 Å². The summed E-state index contributed by atoms with van der Waals surface area (Å²) in [6.45, 7) is 1.99. The number of aromatic nitrogens is 2. The van der Waals surface area contributed by atoms with Crippen molar-refractivity contribution in [2.75, 3.05) is 7.11 Å². The summed E-state index contributed by atoms with van der Waals surface area (Å²) >= 11 is 12.3. The van der Waals surface area contributed by atoms with Gasteiger partial charge in [0.1, 0.15) is 17.1 Å². The van der Waals surface area contributed by atoms with Crippen molar-refractivity contribution >= 4 is 34.2 Å². The smallest absolute Gasteiger partial charge is 0.146 e. The summed E-state index contributed by atoms with van der Waals surface area (Å²) in [5, 5.41) is 0.720. The summed E-state index contributed by atoms with van der Waals surface area (Å²) in [5.41, 5.74) is 3.73. The van der Waals surface area contributed by atoms with Gasteiger partial charge in [-0.1, -0.05) is 23.7 Å². The molecule has 0 fully saturated rings. The molecular weight excluding hydrogens is 307 g/mol. The van der Waals surface area contributed by atoms with Gasteiger partial charge >= 0.3 is 0 Å². The number of hydrogen-bond donors (Lipinski definition) is 0. The van der Waals surface area contributed by atoms with Gasteiger partial charge in [0.25, 0.3) is 0 Å². The number of ether oxygens (including phenoxy) is 1. The minimum absolute atomic E-state index is 0.309. The Kier molecular flexibility index (Phi) is 3.79. The van der Waals surface area contributed by atoms with Crippen molar-refractivity contribution in [3.63, 3.8) is 0 Å². The molecule has 3 nitrogen and oxygen atoms in total. The molecule has 21 heavy (non-hydrogen) atoms. The number of benzene rings is 2. The van der Waals surface area contributed by atoms with E-state index in [0.29, 0.717) is 5.88 Å². The van der Waals surface area contributed by atoms with Crippen molar-refractivity contribution in [1.82, 2.24) is 9.55 Å². The van der Waals surface area contributed by atoms with Crippen molar-refractivity contribution in [3.05, 3.63) is 52.8 Å². The van der Waals surface area contributed by atoms with Crippen molar-refractivity contribution < 1.29 is 4.74 Å². The summed E-state index contributed by atoms with van der Waals surface area (Å²) in [4.78, 5) is 4.61. The third-order valence-corrected chi connectivity index (χ3v) is 4.19. The maximum Gasteiger partial charge on any atom is 0.146 e. The van der Waals surface area contributed by atoms with Gasteiger partial charge in [-0.05, 0) is 36.8 Å². The number of halogens is 2. The maximum atomic E-state index is 6.24. The van der Waals surface area contributed by atoms with Crippen LogP contribution in [-0.2, 0) is 5.88 Å². The van der Waals surface area contributed by atoms with E-state index >= 15 is 0 Å². The quantitative estimate of drug-likeness (QED) is 0.652. The summed E-state index contributed by atoms with van der Waals surface area (Å²) < 4.78 is 7.42. The fraction of sp³-hybridized carbons (Fsp3) is 0.188. The Morgan fingerprint density at radius 2 is 1.95 bits per heavy atom. The Balaban J connectivity index is 2.38. The van der Waals surface area contributed by atoms with Gasteiger partial charge in [0, 0.05) is 5.02 Å². The molecule has 3 rings (SSSR count). The van der Waals surface area contributed by atoms with Gasteiger partial charge in [-0.25, -0.2) is 4.98 Å². The molecule has 0 bridgehead atoms. The van der Waals surface area contributed by atoms with Crippen molar-refractivity contribution in [3.8, 4) is 11.4 Å². The number of fused-ring (bicyclic) bond motifs is 1. The summed E-state index contributed by atoms with van der Waals surface area (Å²) in [5.74, 6) is 1.81. The van der Waals surface area contributed by atoms with Crippen LogP contribution in [0.4, 0.5) is 0 Å². The molecule has 2 aromatic carbocycles. The molecule has 5 heteroatoms. The lowest BCUT2D eigenvalue weighted by molar-refractivity contribution is 0.419. The number of methoxy groups -OCH3 is 1. The van der Waals surface area contributed by atoms with E-state index in [-0.39, 0.29) is 0 Å². The highest BCUT2D eigenvalue weighted by molar-refractivity contribution is 6.31. The minimum atomic E-state index is 0.309. The molecule has 0 atom stereocenters. The molecule has 0 saturated carbocycles. The van der Waals surface area contributed by atoms with Gasteiger partial charge < -0.3 is 4.74 Å². The molecule has 0 aliphatic carbocycles. The average molecular weight is 321 g/mol. The molecule has 108 valence electrons. The monoisotopic (exact) mass is 320 g/mol. The molecule has 0 saturated heterocycles. The Morgan fingerprint density at radius 1 is 1.19 bits per heavy atom. The first kappa shape index (κ1) is 14.2. The summed E-state index contributed by atoms with van der Waals surface area (Å²) in [6, 6.07) is 11.6. The molecule has 0 amide bonds. The van der Waals surface area contributed by atoms with E-state index in [0.717, 1.165) is 38.9 Å². The Bertz CT molecular complexity index is 811. The minimum Gasteiger partial charge on any atom is -0.494 e. The maximum absolute atomic E-state index is 6.24. The van der Waals surface area contributed by atoms with Crippen LogP contribution < -0.4 is 4.74 Å². The van der Waals surface area contributed by atoms with Gasteiger partial charge in [0.05, 0.1) is 24.2 Å². The van der Waals surface area contributed by atoms with Crippen LogP contribution in [0.5, 0.6) is 5.75 Å². The van der Waals surface area contributed by atoms with Gasteiger partial charge in [0.2, 0.25) is 0 Å². The zero-order chi connectivity index (χ0) is 15.0. The summed E-state index contributed by atoms with van der Waals surface area (Å²) in [6.07, 6.45) is 0. The molecule has 0 N–H and O–H groups in total. The molecule has 3 aromatic rings. The number of alkyl halides is 1. The van der Waals surface area contributed by atoms with Crippen molar-refractivity contribution in [1.29, 1.82) is 0 Å². The fourth-order valence-corrected chi connectivity index (χ4v) is 2.83. The van der Waals surface area contributed by atoms with Crippen LogP contribution in [-0.4, -0.2) is 16.7 Å². The number of hydrogen-bond acceptors (Lipinski definition) is 2. The van der Waals surface area contributed by atoms with Gasteiger partial charge in [-0.15, -0.1) is 11.6 Å².